The van der Waals surface area contributed by atoms with Gasteiger partial charge >= 0.3 is 0 Å². The third-order valence-electron chi connectivity index (χ3n) is 1.66. The number of benzene rings is 1. The zero-order chi connectivity index (χ0) is 9.73. The van der Waals surface area contributed by atoms with Gasteiger partial charge in [-0.05, 0) is 11.4 Å². The van der Waals surface area contributed by atoms with Crippen LogP contribution >= 0.6 is 7.37 Å². The molecule has 2 nitrogen and oxygen atoms in total. The molecule has 70 valence electrons. The summed E-state index contributed by atoms with van der Waals surface area (Å²) < 4.78 is 16.6. The molecule has 0 N–H and O–H groups in total. The fraction of sp³-hybridized carbons (Fsp3) is 0.200. The summed E-state index contributed by atoms with van der Waals surface area (Å²) in [5, 5.41) is 0. The molecule has 0 aliphatic carbocycles. The molecule has 1 atom stereocenters. The summed E-state index contributed by atoms with van der Waals surface area (Å²) in [6.45, 7) is 5.39. The lowest BCUT2D eigenvalue weighted by molar-refractivity contribution is 0.312. The van der Waals surface area contributed by atoms with Crippen molar-refractivity contribution in [2.45, 2.75) is 6.61 Å². The molecule has 0 bridgehead atoms. The summed E-state index contributed by atoms with van der Waals surface area (Å²) in [5.41, 5.74) is 1.02. The van der Waals surface area contributed by atoms with Crippen molar-refractivity contribution in [1.29, 1.82) is 0 Å². The van der Waals surface area contributed by atoms with Crippen molar-refractivity contribution >= 4 is 7.37 Å². The number of rotatable bonds is 4. The van der Waals surface area contributed by atoms with E-state index < -0.39 is 7.37 Å². The SMILES string of the molecule is C=CP(C)(=O)OCc1ccccc1. The van der Waals surface area contributed by atoms with Crippen LogP contribution in [0.1, 0.15) is 5.56 Å². The Balaban J connectivity index is 2.53. The summed E-state index contributed by atoms with van der Waals surface area (Å²) >= 11 is 0. The molecule has 0 amide bonds. The third kappa shape index (κ3) is 3.58. The van der Waals surface area contributed by atoms with Crippen molar-refractivity contribution < 1.29 is 9.09 Å². The smallest absolute Gasteiger partial charge is 0.221 e. The van der Waals surface area contributed by atoms with Crippen LogP contribution in [0.4, 0.5) is 0 Å². The first-order chi connectivity index (χ1) is 6.14. The standard InChI is InChI=1S/C10H13O2P/c1-3-13(2,11)12-9-10-7-5-4-6-8-10/h3-8H,1,9H2,2H3. The van der Waals surface area contributed by atoms with Gasteiger partial charge in [-0.2, -0.15) is 0 Å². The molecule has 1 aromatic carbocycles. The molecular formula is C10H13O2P. The minimum atomic E-state index is -2.57. The molecule has 0 saturated heterocycles. The molecule has 1 rings (SSSR count). The zero-order valence-electron chi connectivity index (χ0n) is 7.64. The van der Waals surface area contributed by atoms with Crippen LogP contribution in [0.25, 0.3) is 0 Å². The van der Waals surface area contributed by atoms with E-state index in [0.717, 1.165) is 5.56 Å². The van der Waals surface area contributed by atoms with Gasteiger partial charge in [-0.3, -0.25) is 4.57 Å². The summed E-state index contributed by atoms with van der Waals surface area (Å²) in [4.78, 5) is 0. The molecule has 0 spiro atoms. The van der Waals surface area contributed by atoms with Crippen LogP contribution in [0.5, 0.6) is 0 Å². The van der Waals surface area contributed by atoms with Crippen LogP contribution in [-0.4, -0.2) is 6.66 Å². The van der Waals surface area contributed by atoms with E-state index in [4.69, 9.17) is 4.52 Å². The molecular weight excluding hydrogens is 183 g/mol. The maximum Gasteiger partial charge on any atom is 0.221 e. The summed E-state index contributed by atoms with van der Waals surface area (Å²) in [6, 6.07) is 9.65. The Morgan fingerprint density at radius 2 is 2.08 bits per heavy atom. The molecule has 0 radical (unpaired) electrons. The van der Waals surface area contributed by atoms with Gasteiger partial charge in [0.1, 0.15) is 0 Å². The van der Waals surface area contributed by atoms with E-state index in [0.29, 0.717) is 6.61 Å². The van der Waals surface area contributed by atoms with E-state index in [1.165, 1.54) is 5.82 Å². The second-order valence-electron chi connectivity index (χ2n) is 2.85. The first kappa shape index (κ1) is 10.2. The zero-order valence-corrected chi connectivity index (χ0v) is 8.54. The predicted octanol–water partition coefficient (Wildman–Crippen LogP) is 3.25. The number of hydrogen-bond acceptors (Lipinski definition) is 2. The first-order valence-electron chi connectivity index (χ1n) is 4.03. The lowest BCUT2D eigenvalue weighted by Gasteiger charge is -2.08. The van der Waals surface area contributed by atoms with Crippen LogP contribution in [0.2, 0.25) is 0 Å². The molecule has 0 fully saturated rings. The molecule has 0 saturated carbocycles. The van der Waals surface area contributed by atoms with Gasteiger partial charge in [-0.25, -0.2) is 0 Å². The highest BCUT2D eigenvalue weighted by Gasteiger charge is 2.09. The van der Waals surface area contributed by atoms with Crippen molar-refractivity contribution in [1.82, 2.24) is 0 Å². The van der Waals surface area contributed by atoms with Crippen LogP contribution in [0, 0.1) is 0 Å². The van der Waals surface area contributed by atoms with Gasteiger partial charge < -0.3 is 4.52 Å². The van der Waals surface area contributed by atoms with Crippen LogP contribution in [0.3, 0.4) is 0 Å². The summed E-state index contributed by atoms with van der Waals surface area (Å²) in [6.07, 6.45) is 0. The monoisotopic (exact) mass is 196 g/mol. The molecule has 0 aromatic heterocycles. The van der Waals surface area contributed by atoms with Crippen LogP contribution in [-0.2, 0) is 15.7 Å². The third-order valence-corrected chi connectivity index (χ3v) is 2.97. The second kappa shape index (κ2) is 4.40. The van der Waals surface area contributed by atoms with Gasteiger partial charge in [0.05, 0.1) is 6.61 Å². The molecule has 0 aliphatic heterocycles. The quantitative estimate of drug-likeness (QED) is 0.691. The molecule has 13 heavy (non-hydrogen) atoms. The topological polar surface area (TPSA) is 26.3 Å². The maximum atomic E-state index is 11.4. The summed E-state index contributed by atoms with van der Waals surface area (Å²) in [5.74, 6) is 1.37. The molecule has 1 aromatic rings. The Kier molecular flexibility index (Phi) is 3.47. The Bertz CT molecular complexity index is 319. The van der Waals surface area contributed by atoms with Crippen molar-refractivity contribution in [2.24, 2.45) is 0 Å². The maximum absolute atomic E-state index is 11.4. The van der Waals surface area contributed by atoms with Gasteiger partial charge in [0, 0.05) is 6.66 Å². The molecule has 1 unspecified atom stereocenters. The normalized spacial score (nSPS) is 14.8. The fourth-order valence-corrected chi connectivity index (χ4v) is 1.34. The van der Waals surface area contributed by atoms with Crippen molar-refractivity contribution in [3.8, 4) is 0 Å². The van der Waals surface area contributed by atoms with Gasteiger partial charge in [0.2, 0.25) is 7.37 Å². The Morgan fingerprint density at radius 1 is 1.46 bits per heavy atom. The molecule has 3 heteroatoms. The van der Waals surface area contributed by atoms with Crippen LogP contribution < -0.4 is 0 Å². The lowest BCUT2D eigenvalue weighted by Crippen LogP contribution is -1.88. The minimum Gasteiger partial charge on any atom is -0.321 e. The first-order valence-corrected chi connectivity index (χ1v) is 6.17. The lowest BCUT2D eigenvalue weighted by atomic mass is 10.2. The number of hydrogen-bond donors (Lipinski definition) is 0. The highest BCUT2D eigenvalue weighted by atomic mass is 31.2. The van der Waals surface area contributed by atoms with E-state index in [1.807, 2.05) is 30.3 Å². The van der Waals surface area contributed by atoms with E-state index in [2.05, 4.69) is 6.58 Å². The van der Waals surface area contributed by atoms with Gasteiger partial charge in [-0.15, -0.1) is 0 Å². The van der Waals surface area contributed by atoms with E-state index >= 15 is 0 Å². The predicted molar refractivity (Wildman–Crippen MR) is 55.0 cm³/mol. The second-order valence-corrected chi connectivity index (χ2v) is 5.29. The van der Waals surface area contributed by atoms with E-state index in [-0.39, 0.29) is 0 Å². The fourth-order valence-electron chi connectivity index (χ4n) is 0.830. The Morgan fingerprint density at radius 3 is 2.62 bits per heavy atom. The van der Waals surface area contributed by atoms with E-state index in [1.54, 1.807) is 6.66 Å². The highest BCUT2D eigenvalue weighted by molar-refractivity contribution is 7.61. The van der Waals surface area contributed by atoms with Crippen LogP contribution in [0.15, 0.2) is 42.7 Å². The Hall–Kier alpha value is -0.850. The van der Waals surface area contributed by atoms with Crippen molar-refractivity contribution in [3.63, 3.8) is 0 Å². The average Bonchev–Trinajstić information content (AvgIpc) is 2.17. The van der Waals surface area contributed by atoms with Gasteiger partial charge in [0.15, 0.2) is 0 Å². The van der Waals surface area contributed by atoms with Crippen molar-refractivity contribution in [2.75, 3.05) is 6.66 Å². The largest absolute Gasteiger partial charge is 0.321 e. The van der Waals surface area contributed by atoms with Crippen molar-refractivity contribution in [3.05, 3.63) is 48.3 Å². The van der Waals surface area contributed by atoms with Gasteiger partial charge in [-0.1, -0.05) is 36.9 Å². The highest BCUT2D eigenvalue weighted by Crippen LogP contribution is 2.44. The average molecular weight is 196 g/mol. The van der Waals surface area contributed by atoms with Gasteiger partial charge in [0.25, 0.3) is 0 Å². The molecule has 0 aliphatic rings. The summed E-state index contributed by atoms with van der Waals surface area (Å²) in [7, 11) is -2.57. The van der Waals surface area contributed by atoms with E-state index in [9.17, 15) is 4.57 Å². The minimum absolute atomic E-state index is 0.376. The molecule has 0 heterocycles. The Labute approximate surface area is 78.7 Å².